The zero-order valence-corrected chi connectivity index (χ0v) is 13.2. The summed E-state index contributed by atoms with van der Waals surface area (Å²) >= 11 is 3.33. The van der Waals surface area contributed by atoms with Gasteiger partial charge in [0.2, 0.25) is 5.91 Å². The van der Waals surface area contributed by atoms with Crippen LogP contribution in [0.25, 0.3) is 0 Å². The molecule has 4 nitrogen and oxygen atoms in total. The summed E-state index contributed by atoms with van der Waals surface area (Å²) in [4.78, 5) is 12.6. The average molecular weight is 341 g/mol. The van der Waals surface area contributed by atoms with Gasteiger partial charge in [-0.05, 0) is 49.8 Å². The van der Waals surface area contributed by atoms with Crippen LogP contribution in [0.3, 0.4) is 0 Å². The zero-order chi connectivity index (χ0) is 14.8. The SMILES string of the molecule is CC1CCC(CN)(C(=O)Nc2cc(Br)ccc2O)CC1. The van der Waals surface area contributed by atoms with Crippen molar-refractivity contribution in [2.75, 3.05) is 11.9 Å². The van der Waals surface area contributed by atoms with Crippen molar-refractivity contribution in [2.24, 2.45) is 17.1 Å². The Hall–Kier alpha value is -1.07. The maximum absolute atomic E-state index is 12.6. The molecule has 0 aromatic heterocycles. The van der Waals surface area contributed by atoms with E-state index in [-0.39, 0.29) is 11.7 Å². The second kappa shape index (κ2) is 6.14. The Labute approximate surface area is 127 Å². The number of amides is 1. The highest BCUT2D eigenvalue weighted by Crippen LogP contribution is 2.39. The molecule has 0 spiro atoms. The molecule has 2 rings (SSSR count). The van der Waals surface area contributed by atoms with Crippen LogP contribution in [0.15, 0.2) is 22.7 Å². The van der Waals surface area contributed by atoms with Gasteiger partial charge in [0.05, 0.1) is 11.1 Å². The van der Waals surface area contributed by atoms with Crippen molar-refractivity contribution in [3.8, 4) is 5.75 Å². The summed E-state index contributed by atoms with van der Waals surface area (Å²) in [6.45, 7) is 2.55. The molecule has 0 heterocycles. The summed E-state index contributed by atoms with van der Waals surface area (Å²) in [5.41, 5.74) is 5.80. The van der Waals surface area contributed by atoms with E-state index in [4.69, 9.17) is 5.73 Å². The average Bonchev–Trinajstić information content (AvgIpc) is 2.44. The molecule has 1 aromatic carbocycles. The third kappa shape index (κ3) is 3.15. The molecule has 20 heavy (non-hydrogen) atoms. The molecule has 110 valence electrons. The van der Waals surface area contributed by atoms with Crippen molar-refractivity contribution in [3.05, 3.63) is 22.7 Å². The number of anilines is 1. The second-order valence-electron chi connectivity index (χ2n) is 5.78. The van der Waals surface area contributed by atoms with Crippen molar-refractivity contribution in [2.45, 2.75) is 32.6 Å². The van der Waals surface area contributed by atoms with Gasteiger partial charge in [0.1, 0.15) is 5.75 Å². The van der Waals surface area contributed by atoms with Crippen LogP contribution in [0, 0.1) is 11.3 Å². The Kier molecular flexibility index (Phi) is 4.70. The Morgan fingerprint density at radius 2 is 2.15 bits per heavy atom. The molecule has 0 atom stereocenters. The van der Waals surface area contributed by atoms with Crippen LogP contribution in [0.5, 0.6) is 5.75 Å². The van der Waals surface area contributed by atoms with Gasteiger partial charge in [-0.3, -0.25) is 4.79 Å². The number of halogens is 1. The number of rotatable bonds is 3. The van der Waals surface area contributed by atoms with Crippen LogP contribution >= 0.6 is 15.9 Å². The molecule has 0 bridgehead atoms. The van der Waals surface area contributed by atoms with Gasteiger partial charge in [0.15, 0.2) is 0 Å². The first-order valence-corrected chi connectivity index (χ1v) is 7.76. The predicted molar refractivity (Wildman–Crippen MR) is 83.6 cm³/mol. The van der Waals surface area contributed by atoms with Crippen molar-refractivity contribution in [1.82, 2.24) is 0 Å². The topological polar surface area (TPSA) is 75.4 Å². The first-order valence-electron chi connectivity index (χ1n) is 6.97. The number of aromatic hydroxyl groups is 1. The number of phenolic OH excluding ortho intramolecular Hbond substituents is 1. The standard InChI is InChI=1S/C15H21BrN2O2/c1-10-4-6-15(9-17,7-5-10)14(20)18-12-8-11(16)2-3-13(12)19/h2-3,8,10,19H,4-7,9,17H2,1H3,(H,18,20). The minimum atomic E-state index is -0.499. The van der Waals surface area contributed by atoms with E-state index in [1.807, 2.05) is 0 Å². The van der Waals surface area contributed by atoms with E-state index in [9.17, 15) is 9.90 Å². The van der Waals surface area contributed by atoms with Gasteiger partial charge < -0.3 is 16.2 Å². The normalized spacial score (nSPS) is 26.2. The fourth-order valence-corrected chi connectivity index (χ4v) is 3.06. The van der Waals surface area contributed by atoms with Gasteiger partial charge in [-0.1, -0.05) is 22.9 Å². The van der Waals surface area contributed by atoms with E-state index in [1.165, 1.54) is 0 Å². The number of benzene rings is 1. The van der Waals surface area contributed by atoms with Crippen LogP contribution in [-0.2, 0) is 4.79 Å². The molecular formula is C15H21BrN2O2. The summed E-state index contributed by atoms with van der Waals surface area (Å²) in [7, 11) is 0. The lowest BCUT2D eigenvalue weighted by Gasteiger charge is -2.37. The molecule has 1 fully saturated rings. The molecule has 0 saturated heterocycles. The second-order valence-corrected chi connectivity index (χ2v) is 6.70. The molecule has 1 aliphatic rings. The molecule has 1 amide bonds. The Balaban J connectivity index is 2.15. The molecule has 5 heteroatoms. The van der Waals surface area contributed by atoms with Gasteiger partial charge in [-0.15, -0.1) is 0 Å². The maximum atomic E-state index is 12.6. The van der Waals surface area contributed by atoms with E-state index >= 15 is 0 Å². The number of carbonyl (C=O) groups is 1. The lowest BCUT2D eigenvalue weighted by Crippen LogP contribution is -2.44. The van der Waals surface area contributed by atoms with Crippen LogP contribution in [0.4, 0.5) is 5.69 Å². The minimum absolute atomic E-state index is 0.0675. The minimum Gasteiger partial charge on any atom is -0.506 e. The van der Waals surface area contributed by atoms with Crippen molar-refractivity contribution >= 4 is 27.5 Å². The summed E-state index contributed by atoms with van der Waals surface area (Å²) in [5.74, 6) is 0.639. The highest BCUT2D eigenvalue weighted by Gasteiger charge is 2.40. The molecule has 1 aliphatic carbocycles. The Morgan fingerprint density at radius 1 is 1.50 bits per heavy atom. The first-order chi connectivity index (χ1) is 9.47. The molecular weight excluding hydrogens is 320 g/mol. The first kappa shape index (κ1) is 15.3. The Morgan fingerprint density at radius 3 is 2.75 bits per heavy atom. The number of carbonyl (C=O) groups excluding carboxylic acids is 1. The Bertz CT molecular complexity index is 497. The monoisotopic (exact) mass is 340 g/mol. The third-order valence-electron chi connectivity index (χ3n) is 4.31. The van der Waals surface area contributed by atoms with Crippen molar-refractivity contribution in [3.63, 3.8) is 0 Å². The summed E-state index contributed by atoms with van der Waals surface area (Å²) in [5, 5.41) is 12.6. The van der Waals surface area contributed by atoms with Crippen LogP contribution in [-0.4, -0.2) is 17.6 Å². The smallest absolute Gasteiger partial charge is 0.231 e. The van der Waals surface area contributed by atoms with Crippen molar-refractivity contribution < 1.29 is 9.90 Å². The molecule has 1 saturated carbocycles. The highest BCUT2D eigenvalue weighted by molar-refractivity contribution is 9.10. The van der Waals surface area contributed by atoms with Gasteiger partial charge >= 0.3 is 0 Å². The van der Waals surface area contributed by atoms with Gasteiger partial charge in [0.25, 0.3) is 0 Å². The third-order valence-corrected chi connectivity index (χ3v) is 4.80. The molecule has 4 N–H and O–H groups in total. The number of hydrogen-bond acceptors (Lipinski definition) is 3. The summed E-state index contributed by atoms with van der Waals surface area (Å²) in [6, 6.07) is 4.98. The van der Waals surface area contributed by atoms with E-state index in [2.05, 4.69) is 28.2 Å². The van der Waals surface area contributed by atoms with Gasteiger partial charge in [0, 0.05) is 11.0 Å². The van der Waals surface area contributed by atoms with Crippen LogP contribution < -0.4 is 11.1 Å². The zero-order valence-electron chi connectivity index (χ0n) is 11.7. The van der Waals surface area contributed by atoms with E-state index in [1.54, 1.807) is 18.2 Å². The van der Waals surface area contributed by atoms with E-state index in [0.717, 1.165) is 30.2 Å². The number of phenols is 1. The largest absolute Gasteiger partial charge is 0.506 e. The number of hydrogen-bond donors (Lipinski definition) is 3. The number of nitrogens with two attached hydrogens (primary N) is 1. The summed E-state index contributed by atoms with van der Waals surface area (Å²) < 4.78 is 0.810. The van der Waals surface area contributed by atoms with Crippen LogP contribution in [0.2, 0.25) is 0 Å². The summed E-state index contributed by atoms with van der Waals surface area (Å²) in [6.07, 6.45) is 3.67. The lowest BCUT2D eigenvalue weighted by atomic mass is 9.70. The van der Waals surface area contributed by atoms with Crippen LogP contribution in [0.1, 0.15) is 32.6 Å². The van der Waals surface area contributed by atoms with E-state index < -0.39 is 5.41 Å². The molecule has 0 unspecified atom stereocenters. The predicted octanol–water partition coefficient (Wildman–Crippen LogP) is 3.25. The molecule has 0 aliphatic heterocycles. The maximum Gasteiger partial charge on any atom is 0.231 e. The number of nitrogens with one attached hydrogen (secondary N) is 1. The van der Waals surface area contributed by atoms with Crippen molar-refractivity contribution in [1.29, 1.82) is 0 Å². The van der Waals surface area contributed by atoms with Gasteiger partial charge in [-0.2, -0.15) is 0 Å². The molecule has 0 radical (unpaired) electrons. The molecule has 1 aromatic rings. The lowest BCUT2D eigenvalue weighted by molar-refractivity contribution is -0.127. The fraction of sp³-hybridized carbons (Fsp3) is 0.533. The quantitative estimate of drug-likeness (QED) is 0.739. The van der Waals surface area contributed by atoms with Gasteiger partial charge in [-0.25, -0.2) is 0 Å². The fourth-order valence-electron chi connectivity index (χ4n) is 2.70. The van der Waals surface area contributed by atoms with E-state index in [0.29, 0.717) is 18.2 Å². The highest BCUT2D eigenvalue weighted by atomic mass is 79.9.